The molecule has 1 aromatic heterocycles. The zero-order chi connectivity index (χ0) is 18.7. The lowest BCUT2D eigenvalue weighted by atomic mass is 9.97. The molecule has 26 heavy (non-hydrogen) atoms. The molecule has 0 bridgehead atoms. The highest BCUT2D eigenvalue weighted by atomic mass is 32.2. The van der Waals surface area contributed by atoms with E-state index in [2.05, 4.69) is 4.72 Å². The van der Waals surface area contributed by atoms with Crippen molar-refractivity contribution in [3.05, 3.63) is 53.5 Å². The Kier molecular flexibility index (Phi) is 5.48. The van der Waals surface area contributed by atoms with Gasteiger partial charge in [-0.1, -0.05) is 12.1 Å². The van der Waals surface area contributed by atoms with Crippen LogP contribution in [0.3, 0.4) is 0 Å². The molecule has 0 atom stereocenters. The molecule has 0 unspecified atom stereocenters. The maximum Gasteiger partial charge on any atom is 0.257 e. The Morgan fingerprint density at radius 2 is 1.96 bits per heavy atom. The number of nitrogens with one attached hydrogen (secondary N) is 1. The monoisotopic (exact) mass is 376 g/mol. The third-order valence-electron chi connectivity index (χ3n) is 4.87. The van der Waals surface area contributed by atoms with Gasteiger partial charge in [-0.15, -0.1) is 0 Å². The fourth-order valence-corrected chi connectivity index (χ4v) is 4.65. The maximum atomic E-state index is 12.6. The molecule has 1 fully saturated rings. The Morgan fingerprint density at radius 3 is 2.62 bits per heavy atom. The molecule has 1 aliphatic rings. The van der Waals surface area contributed by atoms with Crippen LogP contribution in [-0.2, 0) is 10.0 Å². The average molecular weight is 376 g/mol. The smallest absolute Gasteiger partial charge is 0.257 e. The molecule has 1 saturated heterocycles. The maximum absolute atomic E-state index is 12.6. The summed E-state index contributed by atoms with van der Waals surface area (Å²) in [6, 6.07) is 7.08. The minimum absolute atomic E-state index is 0.0341. The third kappa shape index (κ3) is 4.16. The molecule has 2 heterocycles. The summed E-state index contributed by atoms with van der Waals surface area (Å²) < 4.78 is 32.9. The van der Waals surface area contributed by atoms with E-state index in [9.17, 15) is 13.2 Å². The van der Waals surface area contributed by atoms with Gasteiger partial charge in [0.1, 0.15) is 6.26 Å². The molecule has 140 valence electrons. The van der Waals surface area contributed by atoms with Gasteiger partial charge in [0.15, 0.2) is 0 Å². The van der Waals surface area contributed by atoms with Crippen LogP contribution in [0.15, 0.2) is 46.1 Å². The van der Waals surface area contributed by atoms with Crippen molar-refractivity contribution in [2.24, 2.45) is 5.92 Å². The number of likely N-dealkylation sites (tertiary alicyclic amines) is 1. The van der Waals surface area contributed by atoms with Gasteiger partial charge in [-0.05, 0) is 55.9 Å². The van der Waals surface area contributed by atoms with E-state index in [0.29, 0.717) is 30.1 Å². The first kappa shape index (κ1) is 18.7. The van der Waals surface area contributed by atoms with E-state index in [0.717, 1.165) is 24.0 Å². The zero-order valence-electron chi connectivity index (χ0n) is 15.1. The summed E-state index contributed by atoms with van der Waals surface area (Å²) in [5, 5.41) is 0. The van der Waals surface area contributed by atoms with Gasteiger partial charge >= 0.3 is 0 Å². The first-order chi connectivity index (χ1) is 12.4. The van der Waals surface area contributed by atoms with Crippen LogP contribution in [0.2, 0.25) is 0 Å². The van der Waals surface area contributed by atoms with Crippen molar-refractivity contribution in [1.82, 2.24) is 9.62 Å². The molecule has 0 radical (unpaired) electrons. The molecular weight excluding hydrogens is 352 g/mol. The van der Waals surface area contributed by atoms with Crippen molar-refractivity contribution < 1.29 is 17.6 Å². The van der Waals surface area contributed by atoms with E-state index in [1.54, 1.807) is 24.0 Å². The number of nitrogens with zero attached hydrogens (tertiary/aromatic N) is 1. The lowest BCUT2D eigenvalue weighted by Gasteiger charge is -2.31. The molecule has 1 amide bonds. The summed E-state index contributed by atoms with van der Waals surface area (Å²) in [6.45, 7) is 5.32. The fraction of sp³-hybridized carbons (Fsp3) is 0.421. The summed E-state index contributed by atoms with van der Waals surface area (Å²) >= 11 is 0. The SMILES string of the molecule is Cc1ccc(C)c(S(=O)(=O)NCC2CCN(C(=O)c3ccoc3)CC2)c1. The zero-order valence-corrected chi connectivity index (χ0v) is 15.9. The summed E-state index contributed by atoms with van der Waals surface area (Å²) in [7, 11) is -3.52. The van der Waals surface area contributed by atoms with Crippen molar-refractivity contribution in [2.75, 3.05) is 19.6 Å². The van der Waals surface area contributed by atoms with E-state index in [-0.39, 0.29) is 11.8 Å². The second-order valence-electron chi connectivity index (χ2n) is 6.87. The van der Waals surface area contributed by atoms with E-state index in [4.69, 9.17) is 4.42 Å². The predicted molar refractivity (Wildman–Crippen MR) is 98.4 cm³/mol. The second-order valence-corrected chi connectivity index (χ2v) is 8.60. The number of hydrogen-bond acceptors (Lipinski definition) is 4. The van der Waals surface area contributed by atoms with Gasteiger partial charge in [0.2, 0.25) is 10.0 Å². The number of furan rings is 1. The van der Waals surface area contributed by atoms with Crippen LogP contribution in [0, 0.1) is 19.8 Å². The van der Waals surface area contributed by atoms with Crippen LogP contribution in [0.1, 0.15) is 34.3 Å². The Labute approximate surface area is 154 Å². The summed E-state index contributed by atoms with van der Waals surface area (Å²) in [4.78, 5) is 14.4. The van der Waals surface area contributed by atoms with Gasteiger partial charge in [0, 0.05) is 19.6 Å². The Bertz CT molecular complexity index is 867. The summed E-state index contributed by atoms with van der Waals surface area (Å²) in [6.07, 6.45) is 4.49. The highest BCUT2D eigenvalue weighted by molar-refractivity contribution is 7.89. The predicted octanol–water partition coefficient (Wildman–Crippen LogP) is 2.73. The van der Waals surface area contributed by atoms with E-state index >= 15 is 0 Å². The Balaban J connectivity index is 1.55. The molecule has 1 aliphatic heterocycles. The molecule has 0 spiro atoms. The highest BCUT2D eigenvalue weighted by Crippen LogP contribution is 2.21. The number of amides is 1. The van der Waals surface area contributed by atoms with Crippen molar-refractivity contribution in [3.8, 4) is 0 Å². The first-order valence-electron chi connectivity index (χ1n) is 8.75. The Hall–Kier alpha value is -2.12. The Morgan fingerprint density at radius 1 is 1.23 bits per heavy atom. The van der Waals surface area contributed by atoms with Crippen LogP contribution in [0.4, 0.5) is 0 Å². The molecule has 0 saturated carbocycles. The van der Waals surface area contributed by atoms with Gasteiger partial charge in [0.25, 0.3) is 5.91 Å². The molecule has 6 nitrogen and oxygen atoms in total. The normalized spacial score (nSPS) is 16.0. The van der Waals surface area contributed by atoms with Crippen LogP contribution in [0.25, 0.3) is 0 Å². The number of hydrogen-bond donors (Lipinski definition) is 1. The topological polar surface area (TPSA) is 79.6 Å². The largest absolute Gasteiger partial charge is 0.472 e. The highest BCUT2D eigenvalue weighted by Gasteiger charge is 2.26. The molecular formula is C19H24N2O4S. The van der Waals surface area contributed by atoms with Crippen LogP contribution in [0.5, 0.6) is 0 Å². The van der Waals surface area contributed by atoms with Crippen LogP contribution in [-0.4, -0.2) is 38.9 Å². The van der Waals surface area contributed by atoms with Gasteiger partial charge in [-0.3, -0.25) is 4.79 Å². The number of sulfonamides is 1. The molecule has 1 aromatic carbocycles. The van der Waals surface area contributed by atoms with Gasteiger partial charge in [-0.2, -0.15) is 0 Å². The first-order valence-corrected chi connectivity index (χ1v) is 10.2. The molecule has 3 rings (SSSR count). The van der Waals surface area contributed by atoms with E-state index in [1.807, 2.05) is 19.1 Å². The van der Waals surface area contributed by atoms with E-state index in [1.165, 1.54) is 12.5 Å². The second kappa shape index (κ2) is 7.63. The molecule has 2 aromatic rings. The lowest BCUT2D eigenvalue weighted by Crippen LogP contribution is -2.41. The third-order valence-corrected chi connectivity index (χ3v) is 6.43. The van der Waals surface area contributed by atoms with Crippen molar-refractivity contribution >= 4 is 15.9 Å². The number of carbonyl (C=O) groups excluding carboxylic acids is 1. The molecule has 1 N–H and O–H groups in total. The van der Waals surface area contributed by atoms with Crippen molar-refractivity contribution in [2.45, 2.75) is 31.6 Å². The molecule has 7 heteroatoms. The quantitative estimate of drug-likeness (QED) is 0.870. The van der Waals surface area contributed by atoms with Gasteiger partial charge in [-0.25, -0.2) is 13.1 Å². The summed E-state index contributed by atoms with van der Waals surface area (Å²) in [5.41, 5.74) is 2.21. The van der Waals surface area contributed by atoms with Gasteiger partial charge < -0.3 is 9.32 Å². The van der Waals surface area contributed by atoms with Crippen LogP contribution < -0.4 is 4.72 Å². The fourth-order valence-electron chi connectivity index (χ4n) is 3.21. The van der Waals surface area contributed by atoms with Crippen LogP contribution >= 0.6 is 0 Å². The lowest BCUT2D eigenvalue weighted by molar-refractivity contribution is 0.0691. The number of piperidine rings is 1. The number of aryl methyl sites for hydroxylation is 2. The number of benzene rings is 1. The molecule has 0 aliphatic carbocycles. The summed E-state index contributed by atoms with van der Waals surface area (Å²) in [5.74, 6) is 0.191. The minimum atomic E-state index is -3.52. The van der Waals surface area contributed by atoms with Crippen molar-refractivity contribution in [1.29, 1.82) is 0 Å². The number of carbonyl (C=O) groups is 1. The standard InChI is InChI=1S/C19H24N2O4S/c1-14-3-4-15(2)18(11-14)26(23,24)20-12-16-5-8-21(9-6-16)19(22)17-7-10-25-13-17/h3-4,7,10-11,13,16,20H,5-6,8-9,12H2,1-2H3. The van der Waals surface area contributed by atoms with Gasteiger partial charge in [0.05, 0.1) is 16.7 Å². The minimum Gasteiger partial charge on any atom is -0.472 e. The number of rotatable bonds is 5. The average Bonchev–Trinajstić information content (AvgIpc) is 3.16. The van der Waals surface area contributed by atoms with E-state index < -0.39 is 10.0 Å². The van der Waals surface area contributed by atoms with Crippen molar-refractivity contribution in [3.63, 3.8) is 0 Å².